The molecule has 0 aliphatic rings. The Morgan fingerprint density at radius 3 is 2.67 bits per heavy atom. The van der Waals surface area contributed by atoms with Crippen molar-refractivity contribution in [2.75, 3.05) is 6.54 Å². The van der Waals surface area contributed by atoms with Crippen LogP contribution in [0.4, 0.5) is 0 Å². The summed E-state index contributed by atoms with van der Waals surface area (Å²) in [7, 11) is 0. The zero-order valence-corrected chi connectivity index (χ0v) is 11.7. The minimum atomic E-state index is 0.497. The second kappa shape index (κ2) is 7.34. The van der Waals surface area contributed by atoms with E-state index in [2.05, 4.69) is 59.4 Å². The van der Waals surface area contributed by atoms with E-state index in [4.69, 9.17) is 0 Å². The van der Waals surface area contributed by atoms with E-state index >= 15 is 0 Å². The Bertz CT molecular complexity index is 422. The lowest BCUT2D eigenvalue weighted by molar-refractivity contribution is 0.500. The van der Waals surface area contributed by atoms with Gasteiger partial charge in [0.05, 0.1) is 0 Å². The zero-order chi connectivity index (χ0) is 12.6. The third-order valence-corrected chi connectivity index (χ3v) is 3.85. The molecule has 18 heavy (non-hydrogen) atoms. The Kier molecular flexibility index (Phi) is 5.43. The standard InChI is InChI=1S/C16H21NS/c1-2-11-17-16(15-10-12-18-13-15)9-8-14-6-4-3-5-7-14/h3-7,10,12-13,16-17H,2,8-9,11H2,1H3. The number of benzene rings is 1. The van der Waals surface area contributed by atoms with Crippen LogP contribution < -0.4 is 5.32 Å². The van der Waals surface area contributed by atoms with E-state index < -0.39 is 0 Å². The van der Waals surface area contributed by atoms with Crippen molar-refractivity contribution in [3.05, 3.63) is 58.3 Å². The summed E-state index contributed by atoms with van der Waals surface area (Å²) in [6, 6.07) is 13.5. The molecule has 1 unspecified atom stereocenters. The minimum Gasteiger partial charge on any atom is -0.310 e. The van der Waals surface area contributed by atoms with Crippen molar-refractivity contribution in [3.8, 4) is 0 Å². The zero-order valence-electron chi connectivity index (χ0n) is 10.9. The van der Waals surface area contributed by atoms with Gasteiger partial charge >= 0.3 is 0 Å². The topological polar surface area (TPSA) is 12.0 Å². The molecule has 2 aromatic rings. The van der Waals surface area contributed by atoms with Crippen LogP contribution >= 0.6 is 11.3 Å². The highest BCUT2D eigenvalue weighted by molar-refractivity contribution is 7.07. The van der Waals surface area contributed by atoms with Crippen LogP contribution in [0.25, 0.3) is 0 Å². The van der Waals surface area contributed by atoms with E-state index in [9.17, 15) is 0 Å². The molecule has 1 nitrogen and oxygen atoms in total. The van der Waals surface area contributed by atoms with Gasteiger partial charge in [-0.25, -0.2) is 0 Å². The molecule has 0 bridgehead atoms. The Morgan fingerprint density at radius 1 is 1.17 bits per heavy atom. The maximum atomic E-state index is 3.65. The van der Waals surface area contributed by atoms with E-state index in [1.54, 1.807) is 11.3 Å². The van der Waals surface area contributed by atoms with Crippen LogP contribution in [0, 0.1) is 0 Å². The van der Waals surface area contributed by atoms with Crippen molar-refractivity contribution < 1.29 is 0 Å². The van der Waals surface area contributed by atoms with Crippen LogP contribution in [-0.2, 0) is 6.42 Å². The Balaban J connectivity index is 1.93. The number of rotatable bonds is 7. The fraction of sp³-hybridized carbons (Fsp3) is 0.375. The Labute approximate surface area is 114 Å². The molecule has 0 radical (unpaired) electrons. The first-order valence-corrected chi connectivity index (χ1v) is 7.64. The second-order valence-electron chi connectivity index (χ2n) is 4.59. The van der Waals surface area contributed by atoms with Crippen molar-refractivity contribution in [1.82, 2.24) is 5.32 Å². The number of hydrogen-bond acceptors (Lipinski definition) is 2. The highest BCUT2D eigenvalue weighted by Gasteiger charge is 2.10. The van der Waals surface area contributed by atoms with Gasteiger partial charge in [0, 0.05) is 6.04 Å². The fourth-order valence-electron chi connectivity index (χ4n) is 2.13. The fourth-order valence-corrected chi connectivity index (χ4v) is 2.85. The third kappa shape index (κ3) is 3.97. The van der Waals surface area contributed by atoms with E-state index in [0.717, 1.165) is 13.0 Å². The second-order valence-corrected chi connectivity index (χ2v) is 5.37. The largest absolute Gasteiger partial charge is 0.310 e. The molecular formula is C16H21NS. The predicted molar refractivity (Wildman–Crippen MR) is 80.1 cm³/mol. The smallest absolute Gasteiger partial charge is 0.0331 e. The quantitative estimate of drug-likeness (QED) is 0.776. The lowest BCUT2D eigenvalue weighted by Crippen LogP contribution is -2.22. The molecule has 0 saturated heterocycles. The molecule has 1 aromatic heterocycles. The summed E-state index contributed by atoms with van der Waals surface area (Å²) in [6.07, 6.45) is 3.49. The van der Waals surface area contributed by atoms with Crippen molar-refractivity contribution in [1.29, 1.82) is 0 Å². The van der Waals surface area contributed by atoms with E-state index in [-0.39, 0.29) is 0 Å². The van der Waals surface area contributed by atoms with Gasteiger partial charge in [-0.05, 0) is 53.8 Å². The normalized spacial score (nSPS) is 12.5. The Hall–Kier alpha value is -1.12. The first-order valence-electron chi connectivity index (χ1n) is 6.69. The van der Waals surface area contributed by atoms with Gasteiger partial charge in [-0.15, -0.1) is 0 Å². The molecule has 1 atom stereocenters. The van der Waals surface area contributed by atoms with Gasteiger partial charge in [0.2, 0.25) is 0 Å². The summed E-state index contributed by atoms with van der Waals surface area (Å²) in [5.41, 5.74) is 2.86. The summed E-state index contributed by atoms with van der Waals surface area (Å²) < 4.78 is 0. The molecule has 0 spiro atoms. The highest BCUT2D eigenvalue weighted by Crippen LogP contribution is 2.21. The lowest BCUT2D eigenvalue weighted by atomic mass is 10.0. The molecule has 96 valence electrons. The molecule has 0 amide bonds. The van der Waals surface area contributed by atoms with Crippen molar-refractivity contribution in [2.24, 2.45) is 0 Å². The van der Waals surface area contributed by atoms with Crippen LogP contribution in [0.5, 0.6) is 0 Å². The maximum absolute atomic E-state index is 3.65. The molecule has 0 fully saturated rings. The molecule has 1 aromatic carbocycles. The van der Waals surface area contributed by atoms with Crippen molar-refractivity contribution >= 4 is 11.3 Å². The molecule has 1 heterocycles. The van der Waals surface area contributed by atoms with Gasteiger partial charge < -0.3 is 5.32 Å². The molecule has 2 rings (SSSR count). The first kappa shape index (κ1) is 13.3. The number of thiophene rings is 1. The summed E-state index contributed by atoms with van der Waals surface area (Å²) in [6.45, 7) is 3.31. The van der Waals surface area contributed by atoms with Crippen molar-refractivity contribution in [2.45, 2.75) is 32.2 Å². The van der Waals surface area contributed by atoms with E-state index in [1.165, 1.54) is 24.0 Å². The number of nitrogens with one attached hydrogen (secondary N) is 1. The molecule has 0 aliphatic heterocycles. The Morgan fingerprint density at radius 2 is 2.00 bits per heavy atom. The van der Waals surface area contributed by atoms with E-state index in [0.29, 0.717) is 6.04 Å². The lowest BCUT2D eigenvalue weighted by Gasteiger charge is -2.17. The molecular weight excluding hydrogens is 238 g/mol. The molecule has 2 heteroatoms. The first-order chi connectivity index (χ1) is 8.90. The van der Waals surface area contributed by atoms with Gasteiger partial charge in [0.15, 0.2) is 0 Å². The van der Waals surface area contributed by atoms with Crippen LogP contribution in [0.3, 0.4) is 0 Å². The average molecular weight is 259 g/mol. The summed E-state index contributed by atoms with van der Waals surface area (Å²) in [4.78, 5) is 0. The summed E-state index contributed by atoms with van der Waals surface area (Å²) >= 11 is 1.78. The number of aryl methyl sites for hydroxylation is 1. The van der Waals surface area contributed by atoms with Crippen molar-refractivity contribution in [3.63, 3.8) is 0 Å². The molecule has 1 N–H and O–H groups in total. The monoisotopic (exact) mass is 259 g/mol. The predicted octanol–water partition coefficient (Wildman–Crippen LogP) is 4.42. The SMILES string of the molecule is CCCNC(CCc1ccccc1)c1ccsc1. The molecule has 0 saturated carbocycles. The average Bonchev–Trinajstić information content (AvgIpc) is 2.94. The number of hydrogen-bond donors (Lipinski definition) is 1. The highest BCUT2D eigenvalue weighted by atomic mass is 32.1. The van der Waals surface area contributed by atoms with Gasteiger partial charge in [-0.2, -0.15) is 11.3 Å². The maximum Gasteiger partial charge on any atom is 0.0331 e. The van der Waals surface area contributed by atoms with Crippen LogP contribution in [0.2, 0.25) is 0 Å². The molecule has 0 aliphatic carbocycles. The van der Waals surface area contributed by atoms with Gasteiger partial charge in [0.25, 0.3) is 0 Å². The van der Waals surface area contributed by atoms with Crippen LogP contribution in [-0.4, -0.2) is 6.54 Å². The van der Waals surface area contributed by atoms with Gasteiger partial charge in [-0.3, -0.25) is 0 Å². The van der Waals surface area contributed by atoms with Gasteiger partial charge in [0.1, 0.15) is 0 Å². The van der Waals surface area contributed by atoms with Crippen LogP contribution in [0.1, 0.15) is 36.9 Å². The van der Waals surface area contributed by atoms with Gasteiger partial charge in [-0.1, -0.05) is 37.3 Å². The summed E-state index contributed by atoms with van der Waals surface area (Å²) in [5, 5.41) is 8.08. The van der Waals surface area contributed by atoms with E-state index in [1.807, 2.05) is 0 Å². The third-order valence-electron chi connectivity index (χ3n) is 3.15. The van der Waals surface area contributed by atoms with Crippen LogP contribution in [0.15, 0.2) is 47.2 Å². The minimum absolute atomic E-state index is 0.497. The summed E-state index contributed by atoms with van der Waals surface area (Å²) in [5.74, 6) is 0.